The Kier molecular flexibility index (Phi) is 7.47. The molecule has 0 saturated heterocycles. The van der Waals surface area contributed by atoms with Crippen molar-refractivity contribution in [2.24, 2.45) is 0 Å². The monoisotopic (exact) mass is 325 g/mol. The highest BCUT2D eigenvalue weighted by Crippen LogP contribution is 2.19. The lowest BCUT2D eigenvalue weighted by molar-refractivity contribution is 0.0696. The van der Waals surface area contributed by atoms with Gasteiger partial charge in [-0.2, -0.15) is 0 Å². The highest BCUT2D eigenvalue weighted by Gasteiger charge is 2.04. The number of aromatic nitrogens is 1. The first-order valence-corrected chi connectivity index (χ1v) is 8.99. The summed E-state index contributed by atoms with van der Waals surface area (Å²) in [6.07, 6.45) is 11.8. The molecule has 0 radical (unpaired) electrons. The third kappa shape index (κ3) is 5.80. The number of nitrogens with zero attached hydrogens (tertiary/aromatic N) is 1. The average molecular weight is 325 g/mol. The van der Waals surface area contributed by atoms with Gasteiger partial charge in [0.1, 0.15) is 0 Å². The number of hydrogen-bond donors (Lipinski definition) is 1. The summed E-state index contributed by atoms with van der Waals surface area (Å²) in [4.78, 5) is 15.1. The number of aromatic carboxylic acids is 1. The van der Waals surface area contributed by atoms with Gasteiger partial charge >= 0.3 is 5.97 Å². The van der Waals surface area contributed by atoms with Gasteiger partial charge in [-0.05, 0) is 30.5 Å². The van der Waals surface area contributed by atoms with Gasteiger partial charge in [0.25, 0.3) is 0 Å². The van der Waals surface area contributed by atoms with Crippen molar-refractivity contribution < 1.29 is 9.90 Å². The van der Waals surface area contributed by atoms with Crippen LogP contribution in [0.25, 0.3) is 11.3 Å². The number of carboxylic acids is 1. The third-order valence-corrected chi connectivity index (χ3v) is 4.33. The molecule has 3 nitrogen and oxygen atoms in total. The van der Waals surface area contributed by atoms with Crippen molar-refractivity contribution in [2.75, 3.05) is 0 Å². The van der Waals surface area contributed by atoms with Crippen LogP contribution in [-0.4, -0.2) is 16.1 Å². The minimum absolute atomic E-state index is 0.217. The largest absolute Gasteiger partial charge is 0.478 e. The van der Waals surface area contributed by atoms with Crippen LogP contribution < -0.4 is 0 Å². The van der Waals surface area contributed by atoms with E-state index in [9.17, 15) is 4.79 Å². The highest BCUT2D eigenvalue weighted by atomic mass is 16.4. The van der Waals surface area contributed by atoms with Crippen molar-refractivity contribution in [2.45, 2.75) is 58.3 Å². The maximum absolute atomic E-state index is 10.9. The molecule has 0 aliphatic carbocycles. The quantitative estimate of drug-likeness (QED) is 0.567. The Hall–Kier alpha value is -2.16. The van der Waals surface area contributed by atoms with Crippen molar-refractivity contribution in [1.29, 1.82) is 0 Å². The third-order valence-electron chi connectivity index (χ3n) is 4.33. The smallest absolute Gasteiger partial charge is 0.337 e. The molecule has 24 heavy (non-hydrogen) atoms. The zero-order chi connectivity index (χ0) is 17.2. The number of rotatable bonds is 10. The topological polar surface area (TPSA) is 50.2 Å². The van der Waals surface area contributed by atoms with E-state index >= 15 is 0 Å². The first kappa shape index (κ1) is 18.2. The Bertz CT molecular complexity index is 617. The van der Waals surface area contributed by atoms with E-state index in [0.717, 1.165) is 17.7 Å². The summed E-state index contributed by atoms with van der Waals surface area (Å²) in [6, 6.07) is 11.8. The molecule has 1 aromatic heterocycles. The summed E-state index contributed by atoms with van der Waals surface area (Å²) in [7, 11) is 0. The fourth-order valence-corrected chi connectivity index (χ4v) is 2.82. The van der Waals surface area contributed by atoms with Crippen LogP contribution in [0.15, 0.2) is 42.6 Å². The SMILES string of the molecule is CCCCCCCCCc1ccc(-c2ccc(C(=O)O)cn2)cc1. The molecule has 1 N–H and O–H groups in total. The van der Waals surface area contributed by atoms with E-state index in [1.807, 2.05) is 0 Å². The van der Waals surface area contributed by atoms with Crippen LogP contribution in [0.1, 0.15) is 67.8 Å². The van der Waals surface area contributed by atoms with E-state index in [-0.39, 0.29) is 5.56 Å². The van der Waals surface area contributed by atoms with Crippen LogP contribution in [0.2, 0.25) is 0 Å². The summed E-state index contributed by atoms with van der Waals surface area (Å²) in [6.45, 7) is 2.25. The second-order valence-electron chi connectivity index (χ2n) is 6.31. The van der Waals surface area contributed by atoms with Crippen LogP contribution in [0, 0.1) is 0 Å². The van der Waals surface area contributed by atoms with E-state index in [1.165, 1.54) is 56.7 Å². The molecule has 1 heterocycles. The van der Waals surface area contributed by atoms with Gasteiger partial charge in [-0.15, -0.1) is 0 Å². The van der Waals surface area contributed by atoms with Crippen LogP contribution in [0.4, 0.5) is 0 Å². The van der Waals surface area contributed by atoms with E-state index in [0.29, 0.717) is 0 Å². The standard InChI is InChI=1S/C21H27NO2/c1-2-3-4-5-6-7-8-9-17-10-12-18(13-11-17)20-15-14-19(16-22-20)21(23)24/h10-16H,2-9H2,1H3,(H,23,24). The van der Waals surface area contributed by atoms with Gasteiger partial charge in [0.2, 0.25) is 0 Å². The van der Waals surface area contributed by atoms with Gasteiger partial charge in [-0.3, -0.25) is 4.98 Å². The van der Waals surface area contributed by atoms with Crippen LogP contribution in [-0.2, 0) is 6.42 Å². The molecule has 0 bridgehead atoms. The first-order chi connectivity index (χ1) is 11.7. The van der Waals surface area contributed by atoms with Crippen molar-refractivity contribution in [3.8, 4) is 11.3 Å². The molecule has 0 saturated carbocycles. The minimum Gasteiger partial charge on any atom is -0.478 e. The molecule has 0 spiro atoms. The Balaban J connectivity index is 1.79. The number of aryl methyl sites for hydroxylation is 1. The number of carbonyl (C=O) groups is 1. The zero-order valence-electron chi connectivity index (χ0n) is 14.5. The van der Waals surface area contributed by atoms with E-state index in [1.54, 1.807) is 12.1 Å². The summed E-state index contributed by atoms with van der Waals surface area (Å²) >= 11 is 0. The molecule has 3 heteroatoms. The zero-order valence-corrected chi connectivity index (χ0v) is 14.5. The van der Waals surface area contributed by atoms with Crippen LogP contribution in [0.3, 0.4) is 0 Å². The van der Waals surface area contributed by atoms with Crippen molar-refractivity contribution >= 4 is 5.97 Å². The average Bonchev–Trinajstić information content (AvgIpc) is 2.61. The Morgan fingerprint density at radius 1 is 0.917 bits per heavy atom. The van der Waals surface area contributed by atoms with Crippen molar-refractivity contribution in [3.05, 3.63) is 53.7 Å². The molecule has 128 valence electrons. The van der Waals surface area contributed by atoms with Crippen molar-refractivity contribution in [1.82, 2.24) is 4.98 Å². The molecule has 0 atom stereocenters. The lowest BCUT2D eigenvalue weighted by atomic mass is 10.0. The normalized spacial score (nSPS) is 10.7. The number of benzene rings is 1. The van der Waals surface area contributed by atoms with Crippen molar-refractivity contribution in [3.63, 3.8) is 0 Å². The van der Waals surface area contributed by atoms with Gasteiger partial charge in [-0.1, -0.05) is 69.7 Å². The predicted octanol–water partition coefficient (Wildman–Crippen LogP) is 5.74. The molecule has 2 rings (SSSR count). The number of unbranched alkanes of at least 4 members (excludes halogenated alkanes) is 6. The molecular formula is C21H27NO2. The van der Waals surface area contributed by atoms with Gasteiger partial charge < -0.3 is 5.11 Å². The Morgan fingerprint density at radius 3 is 2.17 bits per heavy atom. The molecule has 0 aliphatic heterocycles. The van der Waals surface area contributed by atoms with E-state index in [2.05, 4.69) is 36.2 Å². The maximum Gasteiger partial charge on any atom is 0.337 e. The molecule has 0 aliphatic rings. The predicted molar refractivity (Wildman–Crippen MR) is 98.3 cm³/mol. The number of hydrogen-bond acceptors (Lipinski definition) is 2. The number of pyridine rings is 1. The highest BCUT2D eigenvalue weighted by molar-refractivity contribution is 5.87. The fourth-order valence-electron chi connectivity index (χ4n) is 2.82. The molecule has 0 fully saturated rings. The maximum atomic E-state index is 10.9. The lowest BCUT2D eigenvalue weighted by Crippen LogP contribution is -1.97. The molecule has 0 unspecified atom stereocenters. The first-order valence-electron chi connectivity index (χ1n) is 8.99. The van der Waals surface area contributed by atoms with Gasteiger partial charge in [0, 0.05) is 11.8 Å². The fraction of sp³-hybridized carbons (Fsp3) is 0.429. The molecule has 1 aromatic carbocycles. The molecule has 2 aromatic rings. The molecular weight excluding hydrogens is 298 g/mol. The van der Waals surface area contributed by atoms with Gasteiger partial charge in [0.05, 0.1) is 11.3 Å². The Labute approximate surface area is 144 Å². The van der Waals surface area contributed by atoms with Crippen LogP contribution >= 0.6 is 0 Å². The van der Waals surface area contributed by atoms with E-state index < -0.39 is 5.97 Å². The van der Waals surface area contributed by atoms with E-state index in [4.69, 9.17) is 5.11 Å². The number of carboxylic acid groups (broad SMARTS) is 1. The Morgan fingerprint density at radius 2 is 1.58 bits per heavy atom. The minimum atomic E-state index is -0.945. The van der Waals surface area contributed by atoms with Gasteiger partial charge in [0.15, 0.2) is 0 Å². The summed E-state index contributed by atoms with van der Waals surface area (Å²) < 4.78 is 0. The summed E-state index contributed by atoms with van der Waals surface area (Å²) in [5.41, 5.74) is 3.40. The van der Waals surface area contributed by atoms with Gasteiger partial charge in [-0.25, -0.2) is 4.79 Å². The second-order valence-corrected chi connectivity index (χ2v) is 6.31. The molecule has 0 amide bonds. The second kappa shape index (κ2) is 9.86. The van der Waals surface area contributed by atoms with Crippen LogP contribution in [0.5, 0.6) is 0 Å². The summed E-state index contributed by atoms with van der Waals surface area (Å²) in [5, 5.41) is 8.91. The summed E-state index contributed by atoms with van der Waals surface area (Å²) in [5.74, 6) is -0.945. The lowest BCUT2D eigenvalue weighted by Gasteiger charge is -2.05.